The third kappa shape index (κ3) is 5.18. The molecule has 118 valence electrons. The van der Waals surface area contributed by atoms with Crippen molar-refractivity contribution in [3.63, 3.8) is 0 Å². The van der Waals surface area contributed by atoms with Gasteiger partial charge in [0.15, 0.2) is 0 Å². The third-order valence-electron chi connectivity index (χ3n) is 3.23. The van der Waals surface area contributed by atoms with Gasteiger partial charge in [0.25, 0.3) is 0 Å². The Morgan fingerprint density at radius 1 is 1.38 bits per heavy atom. The van der Waals surface area contributed by atoms with E-state index in [2.05, 4.69) is 15.4 Å². The van der Waals surface area contributed by atoms with E-state index in [1.807, 2.05) is 0 Å². The first kappa shape index (κ1) is 17.7. The molecule has 1 aliphatic heterocycles. The van der Waals surface area contributed by atoms with Crippen molar-refractivity contribution >= 4 is 39.7 Å². The number of hydrogen-bond acceptors (Lipinski definition) is 4. The first-order valence-corrected chi connectivity index (χ1v) is 8.34. The number of nitrogens with one attached hydrogen (secondary N) is 3. The fraction of sp³-hybridized carbons (Fsp3) is 0.462. The molecule has 1 saturated heterocycles. The molecular weight excluding hydrogens is 314 g/mol. The van der Waals surface area contributed by atoms with E-state index in [0.717, 1.165) is 24.8 Å². The van der Waals surface area contributed by atoms with E-state index >= 15 is 0 Å². The van der Waals surface area contributed by atoms with E-state index in [9.17, 15) is 13.2 Å². The van der Waals surface area contributed by atoms with E-state index in [1.54, 1.807) is 25.1 Å². The van der Waals surface area contributed by atoms with Crippen LogP contribution in [0.4, 0.5) is 11.4 Å². The van der Waals surface area contributed by atoms with Gasteiger partial charge in [-0.25, -0.2) is 8.42 Å². The molecule has 6 nitrogen and oxygen atoms in total. The van der Waals surface area contributed by atoms with Crippen molar-refractivity contribution in [3.05, 3.63) is 23.8 Å². The van der Waals surface area contributed by atoms with E-state index in [1.165, 1.54) is 0 Å². The second-order valence-corrected chi connectivity index (χ2v) is 6.83. The van der Waals surface area contributed by atoms with Gasteiger partial charge in [-0.1, -0.05) is 6.07 Å². The van der Waals surface area contributed by atoms with Gasteiger partial charge in [0.1, 0.15) is 0 Å². The fourth-order valence-electron chi connectivity index (χ4n) is 2.13. The zero-order chi connectivity index (χ0) is 14.8. The summed E-state index contributed by atoms with van der Waals surface area (Å²) in [5.41, 5.74) is 1.88. The molecule has 0 aliphatic carbocycles. The van der Waals surface area contributed by atoms with Crippen LogP contribution in [0.1, 0.15) is 12.0 Å². The molecule has 1 amide bonds. The summed E-state index contributed by atoms with van der Waals surface area (Å²) in [6.07, 6.45) is 1.92. The van der Waals surface area contributed by atoms with Crippen LogP contribution in [0.15, 0.2) is 18.2 Å². The molecule has 0 aromatic heterocycles. The first-order chi connectivity index (χ1) is 9.35. The maximum absolute atomic E-state index is 12.0. The first-order valence-electron chi connectivity index (χ1n) is 6.45. The van der Waals surface area contributed by atoms with Crippen LogP contribution in [0.2, 0.25) is 0 Å². The predicted molar refractivity (Wildman–Crippen MR) is 86.5 cm³/mol. The average Bonchev–Trinajstić information content (AvgIpc) is 2.85. The van der Waals surface area contributed by atoms with E-state index in [0.29, 0.717) is 17.9 Å². The largest absolute Gasteiger partial charge is 0.326 e. The van der Waals surface area contributed by atoms with Crippen LogP contribution in [0.3, 0.4) is 0 Å². The van der Waals surface area contributed by atoms with E-state index in [4.69, 9.17) is 0 Å². The molecular formula is C13H20ClN3O3S. The second-order valence-electron chi connectivity index (χ2n) is 5.08. The summed E-state index contributed by atoms with van der Waals surface area (Å²) in [5, 5.41) is 5.96. The SMILES string of the molecule is Cc1ccc(NC(=O)C2CCNC2)cc1NS(C)(=O)=O.Cl. The Bertz CT molecular complexity index is 613. The highest BCUT2D eigenvalue weighted by atomic mass is 35.5. The van der Waals surface area contributed by atoms with Crippen LogP contribution < -0.4 is 15.4 Å². The van der Waals surface area contributed by atoms with Gasteiger partial charge in [0, 0.05) is 12.2 Å². The number of aryl methyl sites for hydroxylation is 1. The predicted octanol–water partition coefficient (Wildman–Crippen LogP) is 1.34. The molecule has 1 unspecified atom stereocenters. The van der Waals surface area contributed by atoms with Gasteiger partial charge in [0.05, 0.1) is 17.9 Å². The van der Waals surface area contributed by atoms with Gasteiger partial charge in [-0.15, -0.1) is 12.4 Å². The van der Waals surface area contributed by atoms with Gasteiger partial charge in [-0.05, 0) is 37.6 Å². The Morgan fingerprint density at radius 3 is 2.67 bits per heavy atom. The highest BCUT2D eigenvalue weighted by molar-refractivity contribution is 7.92. The van der Waals surface area contributed by atoms with Gasteiger partial charge < -0.3 is 10.6 Å². The molecule has 0 radical (unpaired) electrons. The average molecular weight is 334 g/mol. The summed E-state index contributed by atoms with van der Waals surface area (Å²) in [7, 11) is -3.33. The second kappa shape index (κ2) is 7.11. The molecule has 0 spiro atoms. The summed E-state index contributed by atoms with van der Waals surface area (Å²) in [5.74, 6) is -0.0632. The minimum absolute atomic E-state index is 0. The number of benzene rings is 1. The van der Waals surface area contributed by atoms with Crippen LogP contribution in [0.5, 0.6) is 0 Å². The lowest BCUT2D eigenvalue weighted by atomic mass is 10.1. The number of amides is 1. The number of rotatable bonds is 4. The molecule has 1 aliphatic rings. The summed E-state index contributed by atoms with van der Waals surface area (Å²) in [4.78, 5) is 12.0. The van der Waals surface area contributed by atoms with Gasteiger partial charge in [-0.2, -0.15) is 0 Å². The Kier molecular flexibility index (Phi) is 6.00. The van der Waals surface area contributed by atoms with Crippen molar-refractivity contribution in [1.29, 1.82) is 0 Å². The molecule has 2 rings (SSSR count). The van der Waals surface area contributed by atoms with Crippen molar-refractivity contribution in [1.82, 2.24) is 5.32 Å². The number of carbonyl (C=O) groups is 1. The number of halogens is 1. The van der Waals surface area contributed by atoms with Crippen LogP contribution in [0.25, 0.3) is 0 Å². The molecule has 8 heteroatoms. The smallest absolute Gasteiger partial charge is 0.229 e. The quantitative estimate of drug-likeness (QED) is 0.776. The van der Waals surface area contributed by atoms with Crippen LogP contribution in [-0.2, 0) is 14.8 Å². The normalized spacial score (nSPS) is 17.9. The van der Waals surface area contributed by atoms with Crippen molar-refractivity contribution < 1.29 is 13.2 Å². The zero-order valence-corrected chi connectivity index (χ0v) is 13.6. The molecule has 0 bridgehead atoms. The van der Waals surface area contributed by atoms with Crippen LogP contribution >= 0.6 is 12.4 Å². The number of sulfonamides is 1. The minimum Gasteiger partial charge on any atom is -0.326 e. The maximum Gasteiger partial charge on any atom is 0.229 e. The van der Waals surface area contributed by atoms with Crippen LogP contribution in [0, 0.1) is 12.8 Å². The van der Waals surface area contributed by atoms with E-state index < -0.39 is 10.0 Å². The molecule has 1 heterocycles. The van der Waals surface area contributed by atoms with Gasteiger partial charge in [-0.3, -0.25) is 9.52 Å². The van der Waals surface area contributed by atoms with Gasteiger partial charge in [0.2, 0.25) is 15.9 Å². The zero-order valence-electron chi connectivity index (χ0n) is 12.0. The lowest BCUT2D eigenvalue weighted by molar-refractivity contribution is -0.119. The Morgan fingerprint density at radius 2 is 2.10 bits per heavy atom. The minimum atomic E-state index is -3.33. The molecule has 1 atom stereocenters. The number of anilines is 2. The molecule has 1 aromatic carbocycles. The molecule has 1 aromatic rings. The van der Waals surface area contributed by atoms with E-state index in [-0.39, 0.29) is 24.2 Å². The molecule has 1 fully saturated rings. The van der Waals surface area contributed by atoms with Crippen molar-refractivity contribution in [3.8, 4) is 0 Å². The highest BCUT2D eigenvalue weighted by Gasteiger charge is 2.22. The van der Waals surface area contributed by atoms with Crippen LogP contribution in [-0.4, -0.2) is 33.7 Å². The third-order valence-corrected chi connectivity index (χ3v) is 3.82. The molecule has 21 heavy (non-hydrogen) atoms. The topological polar surface area (TPSA) is 87.3 Å². The highest BCUT2D eigenvalue weighted by Crippen LogP contribution is 2.22. The Labute approximate surface area is 131 Å². The summed E-state index contributed by atoms with van der Waals surface area (Å²) >= 11 is 0. The lowest BCUT2D eigenvalue weighted by Crippen LogP contribution is -2.24. The summed E-state index contributed by atoms with van der Waals surface area (Å²) < 4.78 is 25.0. The fourth-order valence-corrected chi connectivity index (χ4v) is 2.75. The standard InChI is InChI=1S/C13H19N3O3S.ClH/c1-9-3-4-11(7-12(9)16-20(2,18)19)15-13(17)10-5-6-14-8-10;/h3-4,7,10,14,16H,5-6,8H2,1-2H3,(H,15,17);1H. The number of carbonyl (C=O) groups excluding carboxylic acids is 1. The number of hydrogen-bond donors (Lipinski definition) is 3. The molecule has 0 saturated carbocycles. The lowest BCUT2D eigenvalue weighted by Gasteiger charge is -2.13. The summed E-state index contributed by atoms with van der Waals surface area (Å²) in [6, 6.07) is 5.18. The molecule has 3 N–H and O–H groups in total. The van der Waals surface area contributed by atoms with Crippen molar-refractivity contribution in [2.75, 3.05) is 29.4 Å². The van der Waals surface area contributed by atoms with Crippen molar-refractivity contribution in [2.24, 2.45) is 5.92 Å². The Balaban J connectivity index is 0.00000220. The summed E-state index contributed by atoms with van der Waals surface area (Å²) in [6.45, 7) is 3.35. The maximum atomic E-state index is 12.0. The monoisotopic (exact) mass is 333 g/mol. The van der Waals surface area contributed by atoms with Gasteiger partial charge >= 0.3 is 0 Å². The Hall–Kier alpha value is -1.31. The van der Waals surface area contributed by atoms with Crippen molar-refractivity contribution in [2.45, 2.75) is 13.3 Å².